The predicted molar refractivity (Wildman–Crippen MR) is 136 cm³/mol. The van der Waals surface area contributed by atoms with Gasteiger partial charge in [-0.1, -0.05) is 67.2 Å². The maximum absolute atomic E-state index is 13.3. The Morgan fingerprint density at radius 1 is 1.09 bits per heavy atom. The quantitative estimate of drug-likeness (QED) is 0.270. The lowest BCUT2D eigenvalue weighted by molar-refractivity contribution is -0.141. The van der Waals surface area contributed by atoms with Crippen LogP contribution in [0.15, 0.2) is 47.4 Å². The van der Waals surface area contributed by atoms with E-state index in [2.05, 4.69) is 36.5 Å². The van der Waals surface area contributed by atoms with Crippen LogP contribution >= 0.6 is 35.0 Å². The smallest absolute Gasteiger partial charge is 0.242 e. The Labute approximate surface area is 206 Å². The van der Waals surface area contributed by atoms with Crippen LogP contribution < -0.4 is 5.32 Å². The minimum absolute atomic E-state index is 0.0619. The highest BCUT2D eigenvalue weighted by Crippen LogP contribution is 2.25. The highest BCUT2D eigenvalue weighted by atomic mass is 35.5. The van der Waals surface area contributed by atoms with Gasteiger partial charge < -0.3 is 10.2 Å². The number of rotatable bonds is 12. The molecule has 7 heteroatoms. The van der Waals surface area contributed by atoms with Gasteiger partial charge in [-0.25, -0.2) is 0 Å². The number of hydrogen-bond acceptors (Lipinski definition) is 3. The van der Waals surface area contributed by atoms with Gasteiger partial charge in [0, 0.05) is 40.2 Å². The highest BCUT2D eigenvalue weighted by Gasteiger charge is 2.28. The van der Waals surface area contributed by atoms with Crippen LogP contribution in [0.3, 0.4) is 0 Å². The molecule has 32 heavy (non-hydrogen) atoms. The van der Waals surface area contributed by atoms with E-state index in [4.69, 9.17) is 23.2 Å². The van der Waals surface area contributed by atoms with Crippen molar-refractivity contribution in [1.29, 1.82) is 0 Å². The first-order chi connectivity index (χ1) is 15.3. The number of hydrogen-bond donors (Lipinski definition) is 1. The van der Waals surface area contributed by atoms with E-state index < -0.39 is 6.04 Å². The fourth-order valence-electron chi connectivity index (χ4n) is 3.29. The normalized spacial score (nSPS) is 11.8. The Kier molecular flexibility index (Phi) is 11.4. The molecule has 1 atom stereocenters. The third kappa shape index (κ3) is 8.34. The molecule has 0 fully saturated rings. The first-order valence-corrected chi connectivity index (χ1v) is 12.8. The number of amides is 2. The maximum Gasteiger partial charge on any atom is 0.242 e. The topological polar surface area (TPSA) is 49.4 Å². The van der Waals surface area contributed by atoms with Crippen LogP contribution in [0.2, 0.25) is 10.0 Å². The summed E-state index contributed by atoms with van der Waals surface area (Å²) >= 11 is 14.0. The molecule has 2 aromatic rings. The molecule has 0 saturated carbocycles. The first-order valence-electron chi connectivity index (χ1n) is 11.1. The summed E-state index contributed by atoms with van der Waals surface area (Å²) in [5.41, 5.74) is 1.98. The van der Waals surface area contributed by atoms with Crippen LogP contribution in [-0.2, 0) is 16.1 Å². The van der Waals surface area contributed by atoms with Gasteiger partial charge in [-0.2, -0.15) is 0 Å². The minimum Gasteiger partial charge on any atom is -0.354 e. The third-order valence-corrected chi connectivity index (χ3v) is 6.78. The monoisotopic (exact) mass is 494 g/mol. The fraction of sp³-hybridized carbons (Fsp3) is 0.440. The Hall–Kier alpha value is -1.69. The second kappa shape index (κ2) is 13.8. The van der Waals surface area contributed by atoms with Crippen molar-refractivity contribution < 1.29 is 9.59 Å². The van der Waals surface area contributed by atoms with Crippen LogP contribution in [0, 0.1) is 6.92 Å². The fourth-order valence-corrected chi connectivity index (χ4v) is 4.60. The molecule has 0 aromatic heterocycles. The van der Waals surface area contributed by atoms with Crippen molar-refractivity contribution in [3.05, 3.63) is 63.6 Å². The molecule has 174 valence electrons. The van der Waals surface area contributed by atoms with Gasteiger partial charge in [-0.05, 0) is 49.6 Å². The Morgan fingerprint density at radius 2 is 1.81 bits per heavy atom. The Balaban J connectivity index is 2.14. The van der Waals surface area contributed by atoms with Crippen LogP contribution in [0.4, 0.5) is 0 Å². The zero-order valence-electron chi connectivity index (χ0n) is 19.0. The summed E-state index contributed by atoms with van der Waals surface area (Å²) in [6.45, 7) is 6.93. The lowest BCUT2D eigenvalue weighted by atomic mass is 10.1. The van der Waals surface area contributed by atoms with E-state index in [1.165, 1.54) is 5.56 Å². The van der Waals surface area contributed by atoms with E-state index in [1.54, 1.807) is 28.8 Å². The minimum atomic E-state index is -0.546. The van der Waals surface area contributed by atoms with Gasteiger partial charge in [0.25, 0.3) is 0 Å². The molecular formula is C25H32Cl2N2O2S. The molecule has 0 aliphatic carbocycles. The van der Waals surface area contributed by atoms with Crippen LogP contribution in [0.1, 0.15) is 50.7 Å². The second-order valence-electron chi connectivity index (χ2n) is 7.74. The number of thioether (sulfide) groups is 1. The van der Waals surface area contributed by atoms with Gasteiger partial charge >= 0.3 is 0 Å². The van der Waals surface area contributed by atoms with E-state index in [0.717, 1.165) is 23.3 Å². The summed E-state index contributed by atoms with van der Waals surface area (Å²) in [4.78, 5) is 28.9. The summed E-state index contributed by atoms with van der Waals surface area (Å²) < 4.78 is 0. The second-order valence-corrected chi connectivity index (χ2v) is 9.75. The molecule has 0 saturated heterocycles. The molecule has 0 aliphatic heterocycles. The van der Waals surface area contributed by atoms with Gasteiger partial charge in [0.2, 0.25) is 11.8 Å². The average Bonchev–Trinajstić information content (AvgIpc) is 2.76. The van der Waals surface area contributed by atoms with E-state index in [0.29, 0.717) is 35.2 Å². The number of aryl methyl sites for hydroxylation is 1. The summed E-state index contributed by atoms with van der Waals surface area (Å²) in [6, 6.07) is 12.9. The zero-order valence-corrected chi connectivity index (χ0v) is 21.3. The van der Waals surface area contributed by atoms with Crippen LogP contribution in [0.5, 0.6) is 0 Å². The molecule has 4 nitrogen and oxygen atoms in total. The van der Waals surface area contributed by atoms with Crippen molar-refractivity contribution >= 4 is 46.8 Å². The standard InChI is InChI=1S/C25H32Cl2N2O2S/c1-4-6-14-28-25(31)23(5-2)29(17-19-9-10-20(26)16-22(19)27)24(30)13-15-32-21-11-7-18(3)8-12-21/h7-12,16,23H,4-6,13-15,17H2,1-3H3,(H,28,31)/t23-/m1/s1. The van der Waals surface area contributed by atoms with Crippen molar-refractivity contribution in [3.8, 4) is 0 Å². The Morgan fingerprint density at radius 3 is 2.44 bits per heavy atom. The number of benzene rings is 2. The van der Waals surface area contributed by atoms with Crippen LogP contribution in [0.25, 0.3) is 0 Å². The molecule has 0 radical (unpaired) electrons. The number of unbranched alkanes of at least 4 members (excludes halogenated alkanes) is 1. The molecule has 2 aromatic carbocycles. The third-order valence-electron chi connectivity index (χ3n) is 5.18. The predicted octanol–water partition coefficient (Wildman–Crippen LogP) is 6.51. The van der Waals surface area contributed by atoms with Gasteiger partial charge in [0.05, 0.1) is 0 Å². The molecule has 0 bridgehead atoms. The van der Waals surface area contributed by atoms with E-state index in [1.807, 2.05) is 19.9 Å². The SMILES string of the molecule is CCCCNC(=O)[C@@H](CC)N(Cc1ccc(Cl)cc1Cl)C(=O)CCSc1ccc(C)cc1. The van der Waals surface area contributed by atoms with Gasteiger partial charge in [-0.15, -0.1) is 11.8 Å². The van der Waals surface area contributed by atoms with Crippen molar-refractivity contribution in [2.24, 2.45) is 0 Å². The van der Waals surface area contributed by atoms with Crippen molar-refractivity contribution in [2.75, 3.05) is 12.3 Å². The van der Waals surface area contributed by atoms with Crippen molar-refractivity contribution in [2.45, 2.75) is 63.9 Å². The largest absolute Gasteiger partial charge is 0.354 e. The van der Waals surface area contributed by atoms with E-state index in [-0.39, 0.29) is 18.4 Å². The summed E-state index contributed by atoms with van der Waals surface area (Å²) in [5.74, 6) is 0.458. The molecule has 0 unspecified atom stereocenters. The molecule has 0 spiro atoms. The van der Waals surface area contributed by atoms with Crippen LogP contribution in [-0.4, -0.2) is 35.1 Å². The maximum atomic E-state index is 13.3. The van der Waals surface area contributed by atoms with Gasteiger partial charge in [0.15, 0.2) is 0 Å². The number of carbonyl (C=O) groups is 2. The average molecular weight is 496 g/mol. The molecular weight excluding hydrogens is 463 g/mol. The van der Waals surface area contributed by atoms with Gasteiger partial charge in [-0.3, -0.25) is 9.59 Å². The number of nitrogens with zero attached hydrogens (tertiary/aromatic N) is 1. The number of halogens is 2. The molecule has 1 N–H and O–H groups in total. The summed E-state index contributed by atoms with van der Waals surface area (Å²) in [7, 11) is 0. The molecule has 0 heterocycles. The molecule has 0 aliphatic rings. The zero-order chi connectivity index (χ0) is 23.5. The summed E-state index contributed by atoms with van der Waals surface area (Å²) in [5, 5.41) is 4.00. The highest BCUT2D eigenvalue weighted by molar-refractivity contribution is 7.99. The number of nitrogens with one attached hydrogen (secondary N) is 1. The molecule has 2 amide bonds. The van der Waals surface area contributed by atoms with E-state index >= 15 is 0 Å². The Bertz CT molecular complexity index is 890. The van der Waals surface area contributed by atoms with Crippen molar-refractivity contribution in [3.63, 3.8) is 0 Å². The first kappa shape index (κ1) is 26.6. The lowest BCUT2D eigenvalue weighted by Gasteiger charge is -2.31. The molecule has 2 rings (SSSR count). The van der Waals surface area contributed by atoms with Gasteiger partial charge in [0.1, 0.15) is 6.04 Å². The lowest BCUT2D eigenvalue weighted by Crippen LogP contribution is -2.49. The van der Waals surface area contributed by atoms with E-state index in [9.17, 15) is 9.59 Å². The van der Waals surface area contributed by atoms with Crippen molar-refractivity contribution in [1.82, 2.24) is 10.2 Å². The summed E-state index contributed by atoms with van der Waals surface area (Å²) in [6.07, 6.45) is 2.77. The number of carbonyl (C=O) groups excluding carboxylic acids is 2.